The minimum atomic E-state index is -0.481. The van der Waals surface area contributed by atoms with E-state index in [1.807, 2.05) is 62.4 Å². The largest absolute Gasteiger partial charge is 0.468 e. The number of para-hydroxylation sites is 1. The van der Waals surface area contributed by atoms with E-state index in [1.54, 1.807) is 18.0 Å². The summed E-state index contributed by atoms with van der Waals surface area (Å²) in [6, 6.07) is 15.2. The fraction of sp³-hybridized carbons (Fsp3) is 0.292. The molecule has 9 nitrogen and oxygen atoms in total. The van der Waals surface area contributed by atoms with Crippen LogP contribution in [0.15, 0.2) is 54.7 Å². The van der Waals surface area contributed by atoms with Gasteiger partial charge in [0.25, 0.3) is 0 Å². The quantitative estimate of drug-likeness (QED) is 0.297. The zero-order chi connectivity index (χ0) is 23.4. The number of fused-ring (bicyclic) bond motifs is 1. The molecule has 0 fully saturated rings. The molecule has 0 saturated carbocycles. The summed E-state index contributed by atoms with van der Waals surface area (Å²) in [4.78, 5) is 12.2. The summed E-state index contributed by atoms with van der Waals surface area (Å²) < 4.78 is 17.3. The molecule has 1 atom stereocenters. The van der Waals surface area contributed by atoms with Gasteiger partial charge in [0.15, 0.2) is 6.79 Å². The number of methoxy groups -OCH3 is 2. The molecule has 4 aromatic rings. The number of carbonyl (C=O) groups is 1. The van der Waals surface area contributed by atoms with Crippen LogP contribution in [0.5, 0.6) is 5.75 Å². The minimum Gasteiger partial charge on any atom is -0.468 e. The third-order valence-electron chi connectivity index (χ3n) is 5.28. The Morgan fingerprint density at radius 3 is 2.61 bits per heavy atom. The van der Waals surface area contributed by atoms with E-state index in [4.69, 9.17) is 14.2 Å². The Morgan fingerprint density at radius 1 is 1.03 bits per heavy atom. The summed E-state index contributed by atoms with van der Waals surface area (Å²) >= 11 is 0. The van der Waals surface area contributed by atoms with Crippen LogP contribution in [-0.2, 0) is 14.3 Å². The van der Waals surface area contributed by atoms with Crippen molar-refractivity contribution in [1.29, 1.82) is 0 Å². The van der Waals surface area contributed by atoms with Gasteiger partial charge in [-0.05, 0) is 42.3 Å². The van der Waals surface area contributed by atoms with Gasteiger partial charge in [-0.1, -0.05) is 31.2 Å². The minimum absolute atomic E-state index is 0.0254. The standard InChI is InChI=1S/C24H25N5O4/c1-15(2)23(24(30)32-4)21-13-29(28-27-21)17-9-10-19-16(11-17)12-20(26-25-19)18-7-5-6-8-22(18)33-14-31-3/h5-13,15,23H,14H2,1-4H3. The lowest BCUT2D eigenvalue weighted by Crippen LogP contribution is -2.20. The summed E-state index contributed by atoms with van der Waals surface area (Å²) in [6.07, 6.45) is 1.76. The van der Waals surface area contributed by atoms with E-state index in [0.29, 0.717) is 17.1 Å². The van der Waals surface area contributed by atoms with E-state index < -0.39 is 5.92 Å². The maximum atomic E-state index is 12.2. The van der Waals surface area contributed by atoms with Gasteiger partial charge in [0.05, 0.1) is 35.9 Å². The van der Waals surface area contributed by atoms with Crippen molar-refractivity contribution in [3.8, 4) is 22.7 Å². The Kier molecular flexibility index (Phi) is 6.60. The summed E-state index contributed by atoms with van der Waals surface area (Å²) in [7, 11) is 2.95. The van der Waals surface area contributed by atoms with E-state index in [-0.39, 0.29) is 18.7 Å². The Labute approximate surface area is 191 Å². The normalized spacial score (nSPS) is 12.2. The molecule has 170 valence electrons. The van der Waals surface area contributed by atoms with Gasteiger partial charge in [-0.2, -0.15) is 0 Å². The number of ether oxygens (including phenoxy) is 3. The number of esters is 1. The van der Waals surface area contributed by atoms with Crippen LogP contribution in [0.25, 0.3) is 27.8 Å². The van der Waals surface area contributed by atoms with E-state index >= 15 is 0 Å². The number of hydrogen-bond donors (Lipinski definition) is 0. The Hall–Kier alpha value is -3.85. The monoisotopic (exact) mass is 447 g/mol. The third kappa shape index (κ3) is 4.68. The number of benzene rings is 2. The summed E-state index contributed by atoms with van der Waals surface area (Å²) in [5, 5.41) is 18.1. The first-order valence-corrected chi connectivity index (χ1v) is 10.5. The number of nitrogens with zero attached hydrogens (tertiary/aromatic N) is 5. The van der Waals surface area contributed by atoms with Gasteiger partial charge in [0, 0.05) is 18.1 Å². The van der Waals surface area contributed by atoms with E-state index in [1.165, 1.54) is 7.11 Å². The van der Waals surface area contributed by atoms with Crippen LogP contribution in [0.3, 0.4) is 0 Å². The van der Waals surface area contributed by atoms with Crippen molar-refractivity contribution >= 4 is 16.9 Å². The highest BCUT2D eigenvalue weighted by Crippen LogP contribution is 2.30. The number of hydrogen-bond acceptors (Lipinski definition) is 8. The van der Waals surface area contributed by atoms with Gasteiger partial charge in [-0.25, -0.2) is 4.68 Å². The van der Waals surface area contributed by atoms with E-state index in [0.717, 1.165) is 22.2 Å². The fourth-order valence-electron chi connectivity index (χ4n) is 3.64. The first-order chi connectivity index (χ1) is 16.0. The van der Waals surface area contributed by atoms with E-state index in [9.17, 15) is 4.79 Å². The lowest BCUT2D eigenvalue weighted by Gasteiger charge is -2.15. The van der Waals surface area contributed by atoms with Gasteiger partial charge >= 0.3 is 5.97 Å². The molecule has 0 amide bonds. The van der Waals surface area contributed by atoms with Gasteiger partial charge < -0.3 is 14.2 Å². The van der Waals surface area contributed by atoms with Crippen LogP contribution >= 0.6 is 0 Å². The molecule has 2 aromatic carbocycles. The second-order valence-corrected chi connectivity index (χ2v) is 7.85. The Balaban J connectivity index is 1.70. The lowest BCUT2D eigenvalue weighted by molar-refractivity contribution is -0.143. The van der Waals surface area contributed by atoms with Crippen molar-refractivity contribution in [3.05, 3.63) is 60.4 Å². The van der Waals surface area contributed by atoms with Crippen molar-refractivity contribution < 1.29 is 19.0 Å². The molecule has 0 aliphatic carbocycles. The average Bonchev–Trinajstić information content (AvgIpc) is 3.31. The van der Waals surface area contributed by atoms with Crippen molar-refractivity contribution in [3.63, 3.8) is 0 Å². The second kappa shape index (κ2) is 9.74. The molecule has 0 radical (unpaired) electrons. The molecule has 2 heterocycles. The molecule has 0 N–H and O–H groups in total. The molecule has 0 bridgehead atoms. The number of carbonyl (C=O) groups excluding carboxylic acids is 1. The molecule has 1 unspecified atom stereocenters. The van der Waals surface area contributed by atoms with Crippen molar-refractivity contribution in [2.45, 2.75) is 19.8 Å². The first kappa shape index (κ1) is 22.3. The molecule has 4 rings (SSSR count). The molecule has 0 aliphatic heterocycles. The predicted molar refractivity (Wildman–Crippen MR) is 122 cm³/mol. The SMILES string of the molecule is COCOc1ccccc1-c1cc2cc(-n3cc(C(C(=O)OC)C(C)C)nn3)ccc2nn1. The smallest absolute Gasteiger partial charge is 0.315 e. The van der Waals surface area contributed by atoms with Gasteiger partial charge in [0.1, 0.15) is 11.7 Å². The van der Waals surface area contributed by atoms with Crippen LogP contribution in [0.2, 0.25) is 0 Å². The van der Waals surface area contributed by atoms with Crippen molar-refractivity contribution in [2.75, 3.05) is 21.0 Å². The molecule has 2 aromatic heterocycles. The maximum Gasteiger partial charge on any atom is 0.315 e. The summed E-state index contributed by atoms with van der Waals surface area (Å²) in [5.74, 6) is -0.125. The zero-order valence-electron chi connectivity index (χ0n) is 18.9. The van der Waals surface area contributed by atoms with Crippen LogP contribution in [0, 0.1) is 5.92 Å². The highest BCUT2D eigenvalue weighted by atomic mass is 16.7. The molecular weight excluding hydrogens is 422 g/mol. The average molecular weight is 447 g/mol. The molecule has 0 aliphatic rings. The molecule has 33 heavy (non-hydrogen) atoms. The molecular formula is C24H25N5O4. The van der Waals surface area contributed by atoms with E-state index in [2.05, 4.69) is 20.5 Å². The van der Waals surface area contributed by atoms with Crippen LogP contribution in [-0.4, -0.2) is 52.2 Å². The summed E-state index contributed by atoms with van der Waals surface area (Å²) in [5.41, 5.74) is 3.59. The molecule has 0 saturated heterocycles. The van der Waals surface area contributed by atoms with Crippen LogP contribution in [0.1, 0.15) is 25.5 Å². The maximum absolute atomic E-state index is 12.2. The number of aromatic nitrogens is 5. The highest BCUT2D eigenvalue weighted by molar-refractivity contribution is 5.84. The second-order valence-electron chi connectivity index (χ2n) is 7.85. The topological polar surface area (TPSA) is 101 Å². The molecule has 0 spiro atoms. The zero-order valence-corrected chi connectivity index (χ0v) is 18.9. The van der Waals surface area contributed by atoms with Crippen LogP contribution in [0.4, 0.5) is 0 Å². The number of rotatable bonds is 8. The third-order valence-corrected chi connectivity index (χ3v) is 5.28. The fourth-order valence-corrected chi connectivity index (χ4v) is 3.64. The van der Waals surface area contributed by atoms with Crippen molar-refractivity contribution in [2.24, 2.45) is 5.92 Å². The summed E-state index contributed by atoms with van der Waals surface area (Å²) in [6.45, 7) is 4.04. The highest BCUT2D eigenvalue weighted by Gasteiger charge is 2.28. The molecule has 9 heteroatoms. The van der Waals surface area contributed by atoms with Gasteiger partial charge in [-0.3, -0.25) is 4.79 Å². The van der Waals surface area contributed by atoms with Crippen molar-refractivity contribution in [1.82, 2.24) is 25.2 Å². The van der Waals surface area contributed by atoms with Gasteiger partial charge in [-0.15, -0.1) is 15.3 Å². The lowest BCUT2D eigenvalue weighted by atomic mass is 9.93. The predicted octanol–water partition coefficient (Wildman–Crippen LogP) is 3.77. The Bertz CT molecular complexity index is 1270. The van der Waals surface area contributed by atoms with Gasteiger partial charge in [0.2, 0.25) is 0 Å². The Morgan fingerprint density at radius 2 is 1.85 bits per heavy atom. The first-order valence-electron chi connectivity index (χ1n) is 10.5. The van der Waals surface area contributed by atoms with Crippen LogP contribution < -0.4 is 4.74 Å².